The van der Waals surface area contributed by atoms with Crippen LogP contribution in [0.5, 0.6) is 5.75 Å². The first kappa shape index (κ1) is 12.3. The molecule has 1 N–H and O–H groups in total. The largest absolute Gasteiger partial charge is 0.497 e. The molecular weight excluding hydrogens is 232 g/mol. The summed E-state index contributed by atoms with van der Waals surface area (Å²) < 4.78 is 6.40. The molecule has 0 aliphatic carbocycles. The lowest BCUT2D eigenvalue weighted by Crippen LogP contribution is -2.24. The monoisotopic (exact) mass is 250 g/mol. The third-order valence-electron chi connectivity index (χ3n) is 2.85. The zero-order valence-corrected chi connectivity index (χ0v) is 11.3. The Morgan fingerprint density at radius 2 is 2.29 bits per heavy atom. The van der Waals surface area contributed by atoms with Gasteiger partial charge in [-0.05, 0) is 31.5 Å². The molecule has 0 aliphatic heterocycles. The summed E-state index contributed by atoms with van der Waals surface area (Å²) in [6.45, 7) is 5.22. The second-order valence-corrected chi connectivity index (χ2v) is 5.25. The molecule has 1 aromatic carbocycles. The van der Waals surface area contributed by atoms with Crippen molar-refractivity contribution in [1.29, 1.82) is 0 Å². The van der Waals surface area contributed by atoms with E-state index < -0.39 is 0 Å². The van der Waals surface area contributed by atoms with E-state index >= 15 is 0 Å². The SMILES string of the molecule is CCC(C)NCc1nc2ccc(OC)cc2s1. The summed E-state index contributed by atoms with van der Waals surface area (Å²) in [6.07, 6.45) is 1.14. The van der Waals surface area contributed by atoms with Crippen molar-refractivity contribution in [3.63, 3.8) is 0 Å². The lowest BCUT2D eigenvalue weighted by atomic mass is 10.3. The number of nitrogens with zero attached hydrogens (tertiary/aromatic N) is 1. The second-order valence-electron chi connectivity index (χ2n) is 4.13. The second kappa shape index (κ2) is 5.47. The predicted molar refractivity (Wildman–Crippen MR) is 72.8 cm³/mol. The zero-order valence-electron chi connectivity index (χ0n) is 10.5. The van der Waals surface area contributed by atoms with Crippen molar-refractivity contribution in [1.82, 2.24) is 10.3 Å². The highest BCUT2D eigenvalue weighted by molar-refractivity contribution is 7.18. The molecule has 92 valence electrons. The van der Waals surface area contributed by atoms with Crippen molar-refractivity contribution in [2.24, 2.45) is 0 Å². The molecule has 0 fully saturated rings. The van der Waals surface area contributed by atoms with Gasteiger partial charge in [-0.15, -0.1) is 11.3 Å². The van der Waals surface area contributed by atoms with Crippen molar-refractivity contribution >= 4 is 21.6 Å². The number of thiazole rings is 1. The zero-order chi connectivity index (χ0) is 12.3. The number of benzene rings is 1. The van der Waals surface area contributed by atoms with Crippen molar-refractivity contribution in [3.05, 3.63) is 23.2 Å². The van der Waals surface area contributed by atoms with Gasteiger partial charge in [-0.2, -0.15) is 0 Å². The highest BCUT2D eigenvalue weighted by Crippen LogP contribution is 2.26. The van der Waals surface area contributed by atoms with Gasteiger partial charge in [0.05, 0.1) is 17.3 Å². The third-order valence-corrected chi connectivity index (χ3v) is 3.87. The first-order valence-corrected chi connectivity index (χ1v) is 6.71. The van der Waals surface area contributed by atoms with Crippen molar-refractivity contribution in [2.45, 2.75) is 32.9 Å². The maximum absolute atomic E-state index is 5.21. The van der Waals surface area contributed by atoms with Crippen LogP contribution >= 0.6 is 11.3 Å². The van der Waals surface area contributed by atoms with Crippen LogP contribution in [0.25, 0.3) is 10.2 Å². The van der Waals surface area contributed by atoms with E-state index in [2.05, 4.69) is 24.1 Å². The van der Waals surface area contributed by atoms with E-state index in [0.717, 1.165) is 29.2 Å². The lowest BCUT2D eigenvalue weighted by Gasteiger charge is -2.08. The summed E-state index contributed by atoms with van der Waals surface area (Å²) in [6, 6.07) is 6.54. The fourth-order valence-corrected chi connectivity index (χ4v) is 2.51. The molecule has 3 nitrogen and oxygen atoms in total. The van der Waals surface area contributed by atoms with E-state index in [-0.39, 0.29) is 0 Å². The normalized spacial score (nSPS) is 12.9. The molecule has 0 bridgehead atoms. The molecule has 0 saturated heterocycles. The molecule has 4 heteroatoms. The van der Waals surface area contributed by atoms with Crippen LogP contribution in [0.2, 0.25) is 0 Å². The number of hydrogen-bond acceptors (Lipinski definition) is 4. The molecule has 0 amide bonds. The highest BCUT2D eigenvalue weighted by atomic mass is 32.1. The minimum atomic E-state index is 0.538. The minimum Gasteiger partial charge on any atom is -0.497 e. The van der Waals surface area contributed by atoms with Crippen LogP contribution < -0.4 is 10.1 Å². The van der Waals surface area contributed by atoms with Gasteiger partial charge in [0.15, 0.2) is 0 Å². The summed E-state index contributed by atoms with van der Waals surface area (Å²) in [5.41, 5.74) is 1.05. The lowest BCUT2D eigenvalue weighted by molar-refractivity contribution is 0.415. The molecular formula is C13H18N2OS. The average molecular weight is 250 g/mol. The smallest absolute Gasteiger partial charge is 0.120 e. The van der Waals surface area contributed by atoms with Gasteiger partial charge >= 0.3 is 0 Å². The van der Waals surface area contributed by atoms with Crippen molar-refractivity contribution in [3.8, 4) is 5.75 Å². The number of rotatable bonds is 5. The average Bonchev–Trinajstić information content (AvgIpc) is 2.77. The van der Waals surface area contributed by atoms with E-state index in [1.54, 1.807) is 18.4 Å². The Bertz CT molecular complexity index is 495. The summed E-state index contributed by atoms with van der Waals surface area (Å²) in [5.74, 6) is 0.891. The van der Waals surface area contributed by atoms with Gasteiger partial charge in [0, 0.05) is 12.6 Å². The molecule has 0 spiro atoms. The van der Waals surface area contributed by atoms with E-state index in [1.165, 1.54) is 4.70 Å². The fourth-order valence-electron chi connectivity index (χ4n) is 1.56. The fraction of sp³-hybridized carbons (Fsp3) is 0.462. The van der Waals surface area contributed by atoms with Gasteiger partial charge in [0.25, 0.3) is 0 Å². The molecule has 2 aromatic rings. The van der Waals surface area contributed by atoms with E-state index in [4.69, 9.17) is 4.74 Å². The standard InChI is InChI=1S/C13H18N2OS/c1-4-9(2)14-8-13-15-11-6-5-10(16-3)7-12(11)17-13/h5-7,9,14H,4,8H2,1-3H3. The summed E-state index contributed by atoms with van der Waals surface area (Å²) >= 11 is 1.73. The van der Waals surface area contributed by atoms with Crippen molar-refractivity contribution < 1.29 is 4.74 Å². The van der Waals surface area contributed by atoms with E-state index in [9.17, 15) is 0 Å². The van der Waals surface area contributed by atoms with Crippen LogP contribution in [-0.4, -0.2) is 18.1 Å². The molecule has 1 unspecified atom stereocenters. The van der Waals surface area contributed by atoms with Gasteiger partial charge < -0.3 is 10.1 Å². The van der Waals surface area contributed by atoms with Crippen LogP contribution in [0, 0.1) is 0 Å². The maximum atomic E-state index is 5.21. The predicted octanol–water partition coefficient (Wildman–Crippen LogP) is 3.19. The Hall–Kier alpha value is -1.13. The molecule has 1 atom stereocenters. The molecule has 2 rings (SSSR count). The van der Waals surface area contributed by atoms with E-state index in [1.807, 2.05) is 18.2 Å². The Kier molecular flexibility index (Phi) is 3.97. The van der Waals surface area contributed by atoms with Crippen LogP contribution in [-0.2, 0) is 6.54 Å². The van der Waals surface area contributed by atoms with Crippen molar-refractivity contribution in [2.75, 3.05) is 7.11 Å². The number of methoxy groups -OCH3 is 1. The van der Waals surface area contributed by atoms with Gasteiger partial charge in [0.1, 0.15) is 10.8 Å². The molecule has 1 heterocycles. The Morgan fingerprint density at radius 1 is 1.47 bits per heavy atom. The van der Waals surface area contributed by atoms with Gasteiger partial charge in [0.2, 0.25) is 0 Å². The number of nitrogens with one attached hydrogen (secondary N) is 1. The van der Waals surface area contributed by atoms with E-state index in [0.29, 0.717) is 6.04 Å². The number of fused-ring (bicyclic) bond motifs is 1. The first-order chi connectivity index (χ1) is 8.22. The summed E-state index contributed by atoms with van der Waals surface area (Å²) in [7, 11) is 1.69. The topological polar surface area (TPSA) is 34.2 Å². The van der Waals surface area contributed by atoms with Gasteiger partial charge in [-0.3, -0.25) is 0 Å². The van der Waals surface area contributed by atoms with Gasteiger partial charge in [-0.1, -0.05) is 6.92 Å². The highest BCUT2D eigenvalue weighted by Gasteiger charge is 2.06. The molecule has 0 saturated carbocycles. The number of ether oxygens (including phenoxy) is 1. The first-order valence-electron chi connectivity index (χ1n) is 5.89. The Balaban J connectivity index is 2.14. The van der Waals surface area contributed by atoms with Crippen LogP contribution in [0.1, 0.15) is 25.3 Å². The van der Waals surface area contributed by atoms with Crippen LogP contribution in [0.15, 0.2) is 18.2 Å². The summed E-state index contributed by atoms with van der Waals surface area (Å²) in [4.78, 5) is 4.59. The third kappa shape index (κ3) is 2.96. The minimum absolute atomic E-state index is 0.538. The Morgan fingerprint density at radius 3 is 3.00 bits per heavy atom. The number of hydrogen-bond donors (Lipinski definition) is 1. The van der Waals surface area contributed by atoms with Gasteiger partial charge in [-0.25, -0.2) is 4.98 Å². The molecule has 0 radical (unpaired) electrons. The quantitative estimate of drug-likeness (QED) is 0.885. The number of aromatic nitrogens is 1. The Labute approximate surface area is 106 Å². The molecule has 0 aliphatic rings. The van der Waals surface area contributed by atoms with Crippen LogP contribution in [0.4, 0.5) is 0 Å². The maximum Gasteiger partial charge on any atom is 0.120 e. The molecule has 17 heavy (non-hydrogen) atoms. The summed E-state index contributed by atoms with van der Waals surface area (Å²) in [5, 5.41) is 4.59. The molecule has 1 aromatic heterocycles. The van der Waals surface area contributed by atoms with Crippen LogP contribution in [0.3, 0.4) is 0 Å².